The number of hydrogen-bond donors (Lipinski definition) is 0. The molecule has 14 heavy (non-hydrogen) atoms. The fraction of sp³-hybridized carbons (Fsp3) is 0. The third kappa shape index (κ3) is 299. The molecule has 0 aromatic heterocycles. The predicted octanol–water partition coefficient (Wildman–Crippen LogP) is 1.63. The van der Waals surface area contributed by atoms with Gasteiger partial charge in [-0.15, -0.1) is 0 Å². The van der Waals surface area contributed by atoms with Crippen molar-refractivity contribution in [1.29, 1.82) is 0 Å². The summed E-state index contributed by atoms with van der Waals surface area (Å²) in [4.78, 5) is 6.00. The van der Waals surface area contributed by atoms with Crippen LogP contribution in [0.25, 0.3) is 63.9 Å². The van der Waals surface area contributed by atoms with Crippen LogP contribution in [-0.2, 0) is 0 Å². The van der Waals surface area contributed by atoms with Crippen molar-refractivity contribution in [3.8, 4) is 0 Å². The summed E-state index contributed by atoms with van der Waals surface area (Å²) in [6.07, 6.45) is 0. The molecule has 0 rings (SSSR count). The summed E-state index contributed by atoms with van der Waals surface area (Å²) in [7, 11) is 0. The van der Waals surface area contributed by atoms with E-state index in [1.807, 2.05) is 0 Å². The van der Waals surface area contributed by atoms with Gasteiger partial charge in [0, 0.05) is 0 Å². The van der Waals surface area contributed by atoms with Crippen molar-refractivity contribution in [3.05, 3.63) is 63.9 Å². The van der Waals surface area contributed by atoms with Gasteiger partial charge < -0.3 is 44.2 Å². The van der Waals surface area contributed by atoms with Crippen molar-refractivity contribution < 1.29 is 0 Å². The van der Waals surface area contributed by atoms with E-state index >= 15 is 0 Å². The fourth-order valence-electron chi connectivity index (χ4n) is 0. The number of nitrogens with zero attached hydrogens (tertiary/aromatic N) is 12. The van der Waals surface area contributed by atoms with Crippen molar-refractivity contribution in [2.24, 2.45) is 0 Å². The molecule has 0 aliphatic carbocycles. The Morgan fingerprint density at radius 1 is 0.357 bits per heavy atom. The van der Waals surface area contributed by atoms with E-state index in [1.54, 1.807) is 0 Å². The molecular weight excluding hydrogens is 326 g/mol. The molecule has 0 N–H and O–H groups in total. The SMILES string of the molecule is [N-]=[N+]=[N-].[N-]=[N+]=[N-].[N-]=[N+]=[N-].[N-]=[N+]=[N-].[SeH2+2].[SeH2+2]. The van der Waals surface area contributed by atoms with Crippen molar-refractivity contribution in [1.82, 2.24) is 0 Å². The summed E-state index contributed by atoms with van der Waals surface area (Å²) < 4.78 is 0. The Morgan fingerprint density at radius 3 is 0.357 bits per heavy atom. The quantitative estimate of drug-likeness (QED) is 0.266. The van der Waals surface area contributed by atoms with Gasteiger partial charge in [-0.1, -0.05) is 0 Å². The second kappa shape index (κ2) is 229. The van der Waals surface area contributed by atoms with Crippen LogP contribution >= 0.6 is 0 Å². The first-order valence-corrected chi connectivity index (χ1v) is 1.60. The van der Waals surface area contributed by atoms with Crippen molar-refractivity contribution >= 4 is 34.1 Å². The van der Waals surface area contributed by atoms with Crippen LogP contribution in [0.4, 0.5) is 0 Å². The molecule has 0 aromatic carbocycles. The predicted molar refractivity (Wildman–Crippen MR) is 57.4 cm³/mol. The van der Waals surface area contributed by atoms with Gasteiger partial charge in [-0.05, 0) is 0 Å². The summed E-state index contributed by atoms with van der Waals surface area (Å²) in [5, 5.41) is 0. The summed E-state index contributed by atoms with van der Waals surface area (Å²) in [5.74, 6) is 0. The van der Waals surface area contributed by atoms with Gasteiger partial charge in [0.15, 0.2) is 0 Å². The van der Waals surface area contributed by atoms with Crippen LogP contribution in [-0.4, -0.2) is 34.1 Å². The molecule has 0 atom stereocenters. The van der Waals surface area contributed by atoms with E-state index in [-0.39, 0.29) is 34.1 Å². The third-order valence-corrected chi connectivity index (χ3v) is 0. The molecule has 0 bridgehead atoms. The number of rotatable bonds is 0. The number of hydrogen-bond acceptors (Lipinski definition) is 0. The monoisotopic (exact) mass is 332 g/mol. The van der Waals surface area contributed by atoms with E-state index in [0.29, 0.717) is 0 Å². The van der Waals surface area contributed by atoms with Crippen LogP contribution in [0.15, 0.2) is 0 Å². The topological polar surface area (TPSA) is 235 Å². The van der Waals surface area contributed by atoms with E-state index in [1.165, 1.54) is 19.6 Å². The van der Waals surface area contributed by atoms with Gasteiger partial charge in [0.05, 0.1) is 0 Å². The molecule has 0 heterocycles. The standard InChI is InChI=1S/4N3.2H2Se/c4*1-3-2;;/h;;;;2*1H2/q4*-1;2*+2. The Labute approximate surface area is 98.3 Å². The van der Waals surface area contributed by atoms with Crippen LogP contribution < -0.4 is 0 Å². The van der Waals surface area contributed by atoms with E-state index < -0.39 is 0 Å². The van der Waals surface area contributed by atoms with Crippen LogP contribution in [0.3, 0.4) is 0 Å². The van der Waals surface area contributed by atoms with Crippen LogP contribution in [0.2, 0.25) is 0 Å². The molecule has 12 nitrogen and oxygen atoms in total. The average molecular weight is 330 g/mol. The van der Waals surface area contributed by atoms with Gasteiger partial charge in [0.1, 0.15) is 0 Å². The summed E-state index contributed by atoms with van der Waals surface area (Å²) in [6.45, 7) is 0. The Balaban J connectivity index is -0.0000000145. The molecule has 0 amide bonds. The molecule has 4 radical (unpaired) electrons. The van der Waals surface area contributed by atoms with E-state index in [4.69, 9.17) is 44.2 Å². The maximum absolute atomic E-state index is 6.75. The second-order valence-electron chi connectivity index (χ2n) is 0.358. The molecule has 0 aliphatic rings. The molecule has 0 saturated carbocycles. The summed E-state index contributed by atoms with van der Waals surface area (Å²) in [5.41, 5.74) is 54.0. The van der Waals surface area contributed by atoms with Gasteiger partial charge in [-0.2, -0.15) is 0 Å². The van der Waals surface area contributed by atoms with Crippen LogP contribution in [0, 0.1) is 0 Å². The zero-order valence-electron chi connectivity index (χ0n) is 6.37. The zero-order valence-corrected chi connectivity index (χ0v) is 10.6. The molecule has 14 heteroatoms. The van der Waals surface area contributed by atoms with Gasteiger partial charge in [-0.3, -0.25) is 19.6 Å². The molecule has 76 valence electrons. The zero-order chi connectivity index (χ0) is 10.8. The minimum absolute atomic E-state index is 0. The Kier molecular flexibility index (Phi) is 649. The second-order valence-corrected chi connectivity index (χ2v) is 0.358. The van der Waals surface area contributed by atoms with E-state index in [2.05, 4.69) is 0 Å². The minimum atomic E-state index is 0. The van der Waals surface area contributed by atoms with E-state index in [9.17, 15) is 0 Å². The summed E-state index contributed by atoms with van der Waals surface area (Å²) >= 11 is 0. The van der Waals surface area contributed by atoms with Gasteiger partial charge in [-0.25, -0.2) is 0 Å². The first-order chi connectivity index (χ1) is 5.66. The molecule has 0 aliphatic heterocycles. The Hall–Kier alpha value is -1.72. The first-order valence-electron chi connectivity index (χ1n) is 1.60. The normalized spacial score (nSPS) is 2.29. The average Bonchev–Trinajstić information content (AvgIpc) is 1.92. The molecule has 0 saturated heterocycles. The third-order valence-electron chi connectivity index (χ3n) is 0. The Morgan fingerprint density at radius 2 is 0.357 bits per heavy atom. The van der Waals surface area contributed by atoms with Gasteiger partial charge >= 0.3 is 34.1 Å². The fourth-order valence-corrected chi connectivity index (χ4v) is 0. The molecule has 0 fully saturated rings. The molecule has 0 spiro atoms. The van der Waals surface area contributed by atoms with Crippen molar-refractivity contribution in [2.75, 3.05) is 0 Å². The van der Waals surface area contributed by atoms with Gasteiger partial charge in [0.2, 0.25) is 0 Å². The van der Waals surface area contributed by atoms with Crippen molar-refractivity contribution in [2.45, 2.75) is 0 Å². The van der Waals surface area contributed by atoms with Crippen molar-refractivity contribution in [3.63, 3.8) is 0 Å². The summed E-state index contributed by atoms with van der Waals surface area (Å²) in [6, 6.07) is 0. The Bertz CT molecular complexity index is 140. The van der Waals surface area contributed by atoms with E-state index in [0.717, 1.165) is 0 Å². The van der Waals surface area contributed by atoms with Gasteiger partial charge in [0.25, 0.3) is 0 Å². The van der Waals surface area contributed by atoms with Crippen LogP contribution in [0.1, 0.15) is 0 Å². The molecule has 0 aromatic rings. The molecular formula is H4N12Se2. The van der Waals surface area contributed by atoms with Crippen LogP contribution in [0.5, 0.6) is 0 Å². The maximum atomic E-state index is 6.75. The molecule has 0 unspecified atom stereocenters. The first kappa shape index (κ1) is 39.6.